The quantitative estimate of drug-likeness (QED) is 0.929. The molecule has 2 heterocycles. The van der Waals surface area contributed by atoms with Crippen molar-refractivity contribution in [2.45, 2.75) is 13.1 Å². The van der Waals surface area contributed by atoms with Gasteiger partial charge in [-0.15, -0.1) is 0 Å². The lowest BCUT2D eigenvalue weighted by atomic mass is 10.2. The van der Waals surface area contributed by atoms with E-state index in [1.54, 1.807) is 0 Å². The van der Waals surface area contributed by atoms with Crippen molar-refractivity contribution in [3.63, 3.8) is 0 Å². The van der Waals surface area contributed by atoms with E-state index in [4.69, 9.17) is 4.74 Å². The molecule has 0 atom stereocenters. The summed E-state index contributed by atoms with van der Waals surface area (Å²) in [5, 5.41) is 3.15. The monoisotopic (exact) mass is 269 g/mol. The van der Waals surface area contributed by atoms with Crippen LogP contribution in [0.3, 0.4) is 0 Å². The van der Waals surface area contributed by atoms with E-state index in [1.165, 1.54) is 5.56 Å². The van der Waals surface area contributed by atoms with E-state index >= 15 is 0 Å². The number of anilines is 1. The van der Waals surface area contributed by atoms with E-state index in [-0.39, 0.29) is 0 Å². The Balaban J connectivity index is 1.74. The zero-order valence-electron chi connectivity index (χ0n) is 11.7. The molecule has 1 aliphatic heterocycles. The van der Waals surface area contributed by atoms with Gasteiger partial charge >= 0.3 is 0 Å². The Bertz CT molecular complexity index is 585. The third kappa shape index (κ3) is 2.91. The van der Waals surface area contributed by atoms with Gasteiger partial charge < -0.3 is 10.1 Å². The molecule has 4 heteroatoms. The number of nitrogens with one attached hydrogen (secondary N) is 1. The second-order valence-electron chi connectivity index (χ2n) is 4.95. The third-order valence-electron chi connectivity index (χ3n) is 3.52. The number of hydrogen-bond acceptors (Lipinski definition) is 4. The predicted molar refractivity (Wildman–Crippen MR) is 79.8 cm³/mol. The van der Waals surface area contributed by atoms with E-state index in [2.05, 4.69) is 33.4 Å². The summed E-state index contributed by atoms with van der Waals surface area (Å²) in [5.41, 5.74) is 3.42. The summed E-state index contributed by atoms with van der Waals surface area (Å²) in [5.74, 6) is 1.01. The average Bonchev–Trinajstić information content (AvgIpc) is 2.69. The first kappa shape index (κ1) is 12.9. The fourth-order valence-electron chi connectivity index (χ4n) is 2.46. The van der Waals surface area contributed by atoms with E-state index < -0.39 is 0 Å². The number of nitrogens with zero attached hydrogens (tertiary/aromatic N) is 2. The standard InChI is InChI=1S/C16H19N3O/c1-17-14-6-7-18-15(10-14)12-19-8-9-20-16-5-3-2-4-13(16)11-19/h2-7,10H,8-9,11-12H2,1H3,(H,17,18). The summed E-state index contributed by atoms with van der Waals surface area (Å²) >= 11 is 0. The minimum atomic E-state index is 0.725. The van der Waals surface area contributed by atoms with Crippen LogP contribution in [-0.4, -0.2) is 30.1 Å². The van der Waals surface area contributed by atoms with Crippen LogP contribution in [0.1, 0.15) is 11.3 Å². The fraction of sp³-hybridized carbons (Fsp3) is 0.312. The Labute approximate surface area is 119 Å². The molecule has 20 heavy (non-hydrogen) atoms. The van der Waals surface area contributed by atoms with Gasteiger partial charge in [-0.25, -0.2) is 0 Å². The zero-order valence-corrected chi connectivity index (χ0v) is 11.7. The molecule has 1 aliphatic rings. The van der Waals surface area contributed by atoms with Gasteiger partial charge in [0, 0.05) is 44.1 Å². The molecule has 0 amide bonds. The Morgan fingerprint density at radius 1 is 1.30 bits per heavy atom. The van der Waals surface area contributed by atoms with Crippen molar-refractivity contribution in [1.29, 1.82) is 0 Å². The Morgan fingerprint density at radius 3 is 3.10 bits per heavy atom. The van der Waals surface area contributed by atoms with Crippen LogP contribution in [0.4, 0.5) is 5.69 Å². The molecule has 0 aliphatic carbocycles. The first-order valence-corrected chi connectivity index (χ1v) is 6.91. The van der Waals surface area contributed by atoms with Gasteiger partial charge in [-0.05, 0) is 18.2 Å². The molecule has 1 N–H and O–H groups in total. The Hall–Kier alpha value is -2.07. The summed E-state index contributed by atoms with van der Waals surface area (Å²) in [4.78, 5) is 6.81. The van der Waals surface area contributed by atoms with Crippen LogP contribution in [0, 0.1) is 0 Å². The topological polar surface area (TPSA) is 37.4 Å². The van der Waals surface area contributed by atoms with Gasteiger partial charge in [-0.1, -0.05) is 18.2 Å². The number of benzene rings is 1. The number of para-hydroxylation sites is 1. The molecule has 0 bridgehead atoms. The van der Waals surface area contributed by atoms with Gasteiger partial charge in [0.15, 0.2) is 0 Å². The Kier molecular flexibility index (Phi) is 3.83. The maximum absolute atomic E-state index is 5.79. The average molecular weight is 269 g/mol. The van der Waals surface area contributed by atoms with Gasteiger partial charge in [0.25, 0.3) is 0 Å². The molecular formula is C16H19N3O. The second kappa shape index (κ2) is 5.92. The number of pyridine rings is 1. The summed E-state index contributed by atoms with van der Waals surface area (Å²) in [7, 11) is 1.93. The Morgan fingerprint density at radius 2 is 2.20 bits per heavy atom. The smallest absolute Gasteiger partial charge is 0.123 e. The largest absolute Gasteiger partial charge is 0.492 e. The lowest BCUT2D eigenvalue weighted by Crippen LogP contribution is -2.25. The summed E-state index contributed by atoms with van der Waals surface area (Å²) in [6, 6.07) is 12.3. The SMILES string of the molecule is CNc1ccnc(CN2CCOc3ccccc3C2)c1. The lowest BCUT2D eigenvalue weighted by Gasteiger charge is -2.19. The number of ether oxygens (including phenoxy) is 1. The highest BCUT2D eigenvalue weighted by atomic mass is 16.5. The highest BCUT2D eigenvalue weighted by Gasteiger charge is 2.15. The predicted octanol–water partition coefficient (Wildman–Crippen LogP) is 2.52. The van der Waals surface area contributed by atoms with Crippen molar-refractivity contribution < 1.29 is 4.74 Å². The van der Waals surface area contributed by atoms with Crippen LogP contribution in [0.5, 0.6) is 5.75 Å². The number of aromatic nitrogens is 1. The van der Waals surface area contributed by atoms with Crippen molar-refractivity contribution in [1.82, 2.24) is 9.88 Å². The molecule has 4 nitrogen and oxygen atoms in total. The lowest BCUT2D eigenvalue weighted by molar-refractivity contribution is 0.218. The van der Waals surface area contributed by atoms with Crippen LogP contribution in [0.2, 0.25) is 0 Å². The number of fused-ring (bicyclic) bond motifs is 1. The van der Waals surface area contributed by atoms with Crippen LogP contribution < -0.4 is 10.1 Å². The van der Waals surface area contributed by atoms with E-state index in [0.29, 0.717) is 0 Å². The first-order valence-electron chi connectivity index (χ1n) is 6.91. The van der Waals surface area contributed by atoms with Crippen LogP contribution in [0.25, 0.3) is 0 Å². The van der Waals surface area contributed by atoms with Gasteiger partial charge in [0.1, 0.15) is 12.4 Å². The molecule has 0 fully saturated rings. The third-order valence-corrected chi connectivity index (χ3v) is 3.52. The molecule has 0 unspecified atom stereocenters. The van der Waals surface area contributed by atoms with Gasteiger partial charge in [-0.2, -0.15) is 0 Å². The van der Waals surface area contributed by atoms with Gasteiger partial charge in [0.05, 0.1) is 5.69 Å². The second-order valence-corrected chi connectivity index (χ2v) is 4.95. The minimum Gasteiger partial charge on any atom is -0.492 e. The molecule has 1 aromatic heterocycles. The molecule has 104 valence electrons. The summed E-state index contributed by atoms with van der Waals surface area (Å²) in [6.45, 7) is 3.39. The summed E-state index contributed by atoms with van der Waals surface area (Å²) < 4.78 is 5.79. The van der Waals surface area contributed by atoms with Crippen LogP contribution in [-0.2, 0) is 13.1 Å². The zero-order chi connectivity index (χ0) is 13.8. The normalized spacial score (nSPS) is 15.1. The molecule has 0 spiro atoms. The molecule has 0 saturated carbocycles. The highest BCUT2D eigenvalue weighted by molar-refractivity contribution is 5.42. The minimum absolute atomic E-state index is 0.725. The van der Waals surface area contributed by atoms with Crippen LogP contribution >= 0.6 is 0 Å². The maximum atomic E-state index is 5.79. The van der Waals surface area contributed by atoms with Gasteiger partial charge in [0.2, 0.25) is 0 Å². The highest BCUT2D eigenvalue weighted by Crippen LogP contribution is 2.23. The van der Waals surface area contributed by atoms with Crippen molar-refractivity contribution >= 4 is 5.69 Å². The fourth-order valence-corrected chi connectivity index (χ4v) is 2.46. The van der Waals surface area contributed by atoms with E-state index in [9.17, 15) is 0 Å². The van der Waals surface area contributed by atoms with E-state index in [1.807, 2.05) is 31.4 Å². The first-order chi connectivity index (χ1) is 9.85. The summed E-state index contributed by atoms with van der Waals surface area (Å²) in [6.07, 6.45) is 1.85. The molecule has 1 aromatic carbocycles. The van der Waals surface area contributed by atoms with Crippen molar-refractivity contribution in [2.75, 3.05) is 25.5 Å². The van der Waals surface area contributed by atoms with Crippen molar-refractivity contribution in [3.05, 3.63) is 53.9 Å². The molecule has 0 radical (unpaired) electrons. The van der Waals surface area contributed by atoms with Crippen molar-refractivity contribution in [2.24, 2.45) is 0 Å². The van der Waals surface area contributed by atoms with Crippen molar-refractivity contribution in [3.8, 4) is 5.75 Å². The molecule has 3 rings (SSSR count). The molecule has 0 saturated heterocycles. The number of rotatable bonds is 3. The molecule has 2 aromatic rings. The van der Waals surface area contributed by atoms with E-state index in [0.717, 1.165) is 43.4 Å². The molecular weight excluding hydrogens is 250 g/mol. The van der Waals surface area contributed by atoms with Gasteiger partial charge in [-0.3, -0.25) is 9.88 Å². The van der Waals surface area contributed by atoms with Crippen LogP contribution in [0.15, 0.2) is 42.6 Å². The number of hydrogen-bond donors (Lipinski definition) is 1. The maximum Gasteiger partial charge on any atom is 0.123 e.